The van der Waals surface area contributed by atoms with Gasteiger partial charge in [0.05, 0.1) is 18.2 Å². The Morgan fingerprint density at radius 1 is 1.41 bits per heavy atom. The van der Waals surface area contributed by atoms with Crippen molar-refractivity contribution in [3.63, 3.8) is 0 Å². The molecule has 0 saturated heterocycles. The van der Waals surface area contributed by atoms with Gasteiger partial charge >= 0.3 is 6.09 Å². The van der Waals surface area contributed by atoms with Crippen molar-refractivity contribution in [2.24, 2.45) is 0 Å². The number of anilines is 1. The minimum atomic E-state index is -1.23. The van der Waals surface area contributed by atoms with E-state index in [1.807, 2.05) is 6.92 Å². The van der Waals surface area contributed by atoms with Crippen molar-refractivity contribution >= 4 is 17.8 Å². The normalized spacial score (nSPS) is 25.0. The standard InChI is InChI=1S/C19H24FN5O4/c1-10-5-12(29-24-10)8-17(26)21-16-9-14(22-23-16)11-6-13(20)15(7-11)25(18(27)28)19(2)3-4-19/h5,9,11,13,15H,3-4,6-8H2,1-2H3,(H,27,28)(H2,21,22,23,26)/t11-,13-,15-/m0/s1. The molecule has 2 fully saturated rings. The second-order valence-corrected chi connectivity index (χ2v) is 8.27. The minimum absolute atomic E-state index is 0.0350. The third-order valence-corrected chi connectivity index (χ3v) is 5.86. The molecule has 0 unspecified atom stereocenters. The number of aryl methyl sites for hydroxylation is 1. The van der Waals surface area contributed by atoms with E-state index < -0.39 is 23.8 Å². The predicted octanol–water partition coefficient (Wildman–Crippen LogP) is 3.00. The minimum Gasteiger partial charge on any atom is -0.465 e. The summed E-state index contributed by atoms with van der Waals surface area (Å²) < 4.78 is 19.8. The van der Waals surface area contributed by atoms with Gasteiger partial charge in [0.2, 0.25) is 5.91 Å². The van der Waals surface area contributed by atoms with Crippen LogP contribution in [0, 0.1) is 6.92 Å². The Labute approximate surface area is 166 Å². The fourth-order valence-corrected chi connectivity index (χ4v) is 4.13. The number of alkyl halides is 1. The van der Waals surface area contributed by atoms with E-state index in [1.165, 1.54) is 4.90 Å². The number of carboxylic acid groups (broad SMARTS) is 1. The number of carbonyl (C=O) groups excluding carboxylic acids is 1. The number of halogens is 1. The average molecular weight is 405 g/mol. The van der Waals surface area contributed by atoms with Gasteiger partial charge in [-0.1, -0.05) is 5.16 Å². The summed E-state index contributed by atoms with van der Waals surface area (Å²) >= 11 is 0. The Kier molecular flexibility index (Phi) is 4.79. The highest BCUT2D eigenvalue weighted by atomic mass is 19.1. The Bertz CT molecular complexity index is 921. The summed E-state index contributed by atoms with van der Waals surface area (Å²) in [5.74, 6) is 0.307. The second kappa shape index (κ2) is 7.16. The van der Waals surface area contributed by atoms with Crippen LogP contribution in [0.1, 0.15) is 55.7 Å². The Morgan fingerprint density at radius 2 is 2.17 bits per heavy atom. The summed E-state index contributed by atoms with van der Waals surface area (Å²) in [6, 6.07) is 2.69. The van der Waals surface area contributed by atoms with Crippen molar-refractivity contribution in [2.45, 2.75) is 69.6 Å². The molecule has 2 aliphatic rings. The Balaban J connectivity index is 1.39. The largest absolute Gasteiger partial charge is 0.465 e. The first-order valence-corrected chi connectivity index (χ1v) is 9.69. The van der Waals surface area contributed by atoms with Gasteiger partial charge in [0, 0.05) is 29.3 Å². The first-order chi connectivity index (χ1) is 13.7. The number of amides is 2. The lowest BCUT2D eigenvalue weighted by molar-refractivity contribution is -0.115. The maximum Gasteiger partial charge on any atom is 0.408 e. The number of nitrogens with zero attached hydrogens (tertiary/aromatic N) is 3. The van der Waals surface area contributed by atoms with Crippen molar-refractivity contribution in [2.75, 3.05) is 5.32 Å². The third kappa shape index (κ3) is 3.96. The molecule has 0 radical (unpaired) electrons. The lowest BCUT2D eigenvalue weighted by Crippen LogP contribution is -2.49. The molecule has 2 heterocycles. The summed E-state index contributed by atoms with van der Waals surface area (Å²) in [5, 5.41) is 22.9. The molecule has 2 saturated carbocycles. The lowest BCUT2D eigenvalue weighted by Gasteiger charge is -2.33. The summed E-state index contributed by atoms with van der Waals surface area (Å²) in [6.07, 6.45) is -0.139. The summed E-state index contributed by atoms with van der Waals surface area (Å²) in [6.45, 7) is 3.63. The third-order valence-electron chi connectivity index (χ3n) is 5.86. The molecule has 0 aromatic carbocycles. The smallest absolute Gasteiger partial charge is 0.408 e. The van der Waals surface area contributed by atoms with Gasteiger partial charge in [-0.2, -0.15) is 5.10 Å². The molecule has 3 atom stereocenters. The van der Waals surface area contributed by atoms with Crippen LogP contribution < -0.4 is 5.32 Å². The zero-order valence-corrected chi connectivity index (χ0v) is 16.3. The van der Waals surface area contributed by atoms with Crippen LogP contribution in [0.2, 0.25) is 0 Å². The first-order valence-electron chi connectivity index (χ1n) is 9.69. The van der Waals surface area contributed by atoms with E-state index in [0.717, 1.165) is 12.8 Å². The molecular weight excluding hydrogens is 381 g/mol. The number of rotatable bonds is 6. The lowest BCUT2D eigenvalue weighted by atomic mass is 10.0. The van der Waals surface area contributed by atoms with Gasteiger partial charge in [-0.05, 0) is 39.5 Å². The molecule has 2 aromatic heterocycles. The molecule has 10 heteroatoms. The van der Waals surface area contributed by atoms with E-state index in [0.29, 0.717) is 29.4 Å². The fourth-order valence-electron chi connectivity index (χ4n) is 4.13. The van der Waals surface area contributed by atoms with E-state index in [2.05, 4.69) is 20.7 Å². The van der Waals surface area contributed by atoms with Gasteiger partial charge in [-0.25, -0.2) is 9.18 Å². The van der Waals surface area contributed by atoms with Gasteiger partial charge in [0.15, 0.2) is 5.82 Å². The van der Waals surface area contributed by atoms with Crippen LogP contribution in [-0.4, -0.2) is 55.1 Å². The SMILES string of the molecule is Cc1cc(CC(=O)Nc2cc([C@H]3C[C@H](F)[C@@H](N(C(=O)O)C4(C)CC4)C3)[nH]n2)on1. The summed E-state index contributed by atoms with van der Waals surface area (Å²) in [4.78, 5) is 25.1. The highest BCUT2D eigenvalue weighted by Crippen LogP contribution is 2.48. The predicted molar refractivity (Wildman–Crippen MR) is 100 cm³/mol. The van der Waals surface area contributed by atoms with Crippen LogP contribution in [0.5, 0.6) is 0 Å². The van der Waals surface area contributed by atoms with Crippen molar-refractivity contribution in [1.29, 1.82) is 0 Å². The first kappa shape index (κ1) is 19.4. The maximum atomic E-state index is 14.7. The van der Waals surface area contributed by atoms with Gasteiger partial charge in [0.1, 0.15) is 11.9 Å². The van der Waals surface area contributed by atoms with Gasteiger partial charge in [-0.15, -0.1) is 0 Å². The molecule has 4 rings (SSSR count). The van der Waals surface area contributed by atoms with Crippen LogP contribution >= 0.6 is 0 Å². The van der Waals surface area contributed by atoms with Crippen LogP contribution in [0.15, 0.2) is 16.7 Å². The highest BCUT2D eigenvalue weighted by molar-refractivity contribution is 5.91. The highest BCUT2D eigenvalue weighted by Gasteiger charge is 2.53. The van der Waals surface area contributed by atoms with Crippen LogP contribution in [0.25, 0.3) is 0 Å². The molecule has 2 aliphatic carbocycles. The van der Waals surface area contributed by atoms with Crippen molar-refractivity contribution in [1.82, 2.24) is 20.3 Å². The number of hydrogen-bond acceptors (Lipinski definition) is 5. The van der Waals surface area contributed by atoms with E-state index >= 15 is 0 Å². The second-order valence-electron chi connectivity index (χ2n) is 8.27. The molecule has 0 aliphatic heterocycles. The molecule has 156 valence electrons. The molecule has 2 amide bonds. The molecular formula is C19H24FN5O4. The number of aromatic nitrogens is 3. The van der Waals surface area contributed by atoms with E-state index in [4.69, 9.17) is 4.52 Å². The molecule has 9 nitrogen and oxygen atoms in total. The average Bonchev–Trinajstić information content (AvgIpc) is 3.00. The van der Waals surface area contributed by atoms with E-state index in [9.17, 15) is 19.1 Å². The maximum absolute atomic E-state index is 14.7. The number of H-pyrrole nitrogens is 1. The van der Waals surface area contributed by atoms with Crippen molar-refractivity contribution in [3.05, 3.63) is 29.3 Å². The monoisotopic (exact) mass is 405 g/mol. The fraction of sp³-hybridized carbons (Fsp3) is 0.579. The molecule has 3 N–H and O–H groups in total. The van der Waals surface area contributed by atoms with Crippen LogP contribution in [0.4, 0.5) is 15.0 Å². The Hall–Kier alpha value is -2.91. The molecule has 2 aromatic rings. The number of carbonyl (C=O) groups is 2. The van der Waals surface area contributed by atoms with Gasteiger partial charge in [0.25, 0.3) is 0 Å². The molecule has 0 bridgehead atoms. The van der Waals surface area contributed by atoms with Gasteiger partial charge in [-0.3, -0.25) is 14.8 Å². The summed E-state index contributed by atoms with van der Waals surface area (Å²) in [7, 11) is 0. The topological polar surface area (TPSA) is 124 Å². The number of aromatic amines is 1. The van der Waals surface area contributed by atoms with Crippen molar-refractivity contribution < 1.29 is 23.6 Å². The van der Waals surface area contributed by atoms with Crippen molar-refractivity contribution in [3.8, 4) is 0 Å². The summed E-state index contributed by atoms with van der Waals surface area (Å²) in [5.41, 5.74) is 0.927. The zero-order valence-electron chi connectivity index (χ0n) is 16.3. The van der Waals surface area contributed by atoms with Crippen LogP contribution in [-0.2, 0) is 11.2 Å². The molecule has 29 heavy (non-hydrogen) atoms. The van der Waals surface area contributed by atoms with E-state index in [-0.39, 0.29) is 24.7 Å². The molecule has 0 spiro atoms. The Morgan fingerprint density at radius 3 is 2.79 bits per heavy atom. The number of hydrogen-bond donors (Lipinski definition) is 3. The van der Waals surface area contributed by atoms with Gasteiger partial charge < -0.3 is 14.9 Å². The quantitative estimate of drug-likeness (QED) is 0.679. The zero-order chi connectivity index (χ0) is 20.8. The number of nitrogens with one attached hydrogen (secondary N) is 2. The van der Waals surface area contributed by atoms with E-state index in [1.54, 1.807) is 19.1 Å². The van der Waals surface area contributed by atoms with Crippen LogP contribution in [0.3, 0.4) is 0 Å².